The van der Waals surface area contributed by atoms with Crippen molar-refractivity contribution in [1.82, 2.24) is 0 Å². The van der Waals surface area contributed by atoms with Crippen molar-refractivity contribution in [3.05, 3.63) is 23.2 Å². The number of benzene rings is 1. The van der Waals surface area contributed by atoms with Gasteiger partial charge in [-0.05, 0) is 24.6 Å². The average molecular weight is 297 g/mol. The highest BCUT2D eigenvalue weighted by Crippen LogP contribution is 2.24. The van der Waals surface area contributed by atoms with Crippen LogP contribution in [0.25, 0.3) is 0 Å². The van der Waals surface area contributed by atoms with E-state index in [1.54, 1.807) is 18.2 Å². The van der Waals surface area contributed by atoms with Crippen molar-refractivity contribution in [2.45, 2.75) is 58.3 Å². The lowest BCUT2D eigenvalue weighted by Gasteiger charge is -2.07. The molecule has 3 N–H and O–H groups in total. The van der Waals surface area contributed by atoms with E-state index in [-0.39, 0.29) is 5.91 Å². The van der Waals surface area contributed by atoms with Gasteiger partial charge in [0.25, 0.3) is 0 Å². The second-order valence-electron chi connectivity index (χ2n) is 5.16. The van der Waals surface area contributed by atoms with Crippen LogP contribution in [0.5, 0.6) is 0 Å². The van der Waals surface area contributed by atoms with Gasteiger partial charge in [0.2, 0.25) is 5.91 Å². The zero-order chi connectivity index (χ0) is 14.8. The number of unbranched alkanes of at least 4 members (excludes halogenated alkanes) is 6. The van der Waals surface area contributed by atoms with Gasteiger partial charge in [0.05, 0.1) is 10.7 Å². The summed E-state index contributed by atoms with van der Waals surface area (Å²) in [6.07, 6.45) is 8.99. The summed E-state index contributed by atoms with van der Waals surface area (Å²) in [5, 5.41) is 3.31. The van der Waals surface area contributed by atoms with Crippen molar-refractivity contribution in [2.75, 3.05) is 11.1 Å². The largest absolute Gasteiger partial charge is 0.399 e. The summed E-state index contributed by atoms with van der Waals surface area (Å²) in [4.78, 5) is 11.8. The van der Waals surface area contributed by atoms with Crippen LogP contribution in [-0.2, 0) is 4.79 Å². The van der Waals surface area contributed by atoms with Gasteiger partial charge in [-0.15, -0.1) is 0 Å². The third-order valence-corrected chi connectivity index (χ3v) is 3.59. The van der Waals surface area contributed by atoms with Crippen LogP contribution in [0.4, 0.5) is 11.4 Å². The Balaban J connectivity index is 2.17. The normalized spacial score (nSPS) is 10.5. The Labute approximate surface area is 126 Å². The maximum Gasteiger partial charge on any atom is 0.224 e. The van der Waals surface area contributed by atoms with Gasteiger partial charge in [0.15, 0.2) is 0 Å². The Hall–Kier alpha value is -1.22. The first-order valence-electron chi connectivity index (χ1n) is 7.48. The summed E-state index contributed by atoms with van der Waals surface area (Å²) >= 11 is 6.01. The Morgan fingerprint density at radius 3 is 2.45 bits per heavy atom. The van der Waals surface area contributed by atoms with E-state index in [1.807, 2.05) is 0 Å². The Morgan fingerprint density at radius 1 is 1.15 bits per heavy atom. The molecule has 20 heavy (non-hydrogen) atoms. The predicted molar refractivity (Wildman–Crippen MR) is 87.1 cm³/mol. The molecule has 0 saturated heterocycles. The first kappa shape index (κ1) is 16.8. The van der Waals surface area contributed by atoms with E-state index in [1.165, 1.54) is 32.1 Å². The van der Waals surface area contributed by atoms with E-state index in [2.05, 4.69) is 12.2 Å². The summed E-state index contributed by atoms with van der Waals surface area (Å²) in [6, 6.07) is 5.11. The van der Waals surface area contributed by atoms with Crippen LogP contribution in [0.3, 0.4) is 0 Å². The maximum atomic E-state index is 11.8. The van der Waals surface area contributed by atoms with Crippen molar-refractivity contribution in [2.24, 2.45) is 0 Å². The average Bonchev–Trinajstić information content (AvgIpc) is 2.41. The van der Waals surface area contributed by atoms with Crippen molar-refractivity contribution in [3.8, 4) is 0 Å². The van der Waals surface area contributed by atoms with Gasteiger partial charge >= 0.3 is 0 Å². The van der Waals surface area contributed by atoms with Gasteiger partial charge in [-0.2, -0.15) is 0 Å². The summed E-state index contributed by atoms with van der Waals surface area (Å²) in [5.74, 6) is 0.0187. The highest BCUT2D eigenvalue weighted by atomic mass is 35.5. The lowest BCUT2D eigenvalue weighted by atomic mass is 10.1. The van der Waals surface area contributed by atoms with Crippen LogP contribution in [0.2, 0.25) is 5.02 Å². The van der Waals surface area contributed by atoms with Crippen LogP contribution in [0, 0.1) is 0 Å². The predicted octanol–water partition coefficient (Wildman–Crippen LogP) is 5.00. The fourth-order valence-corrected chi connectivity index (χ4v) is 2.32. The smallest absolute Gasteiger partial charge is 0.224 e. The Kier molecular flexibility index (Phi) is 8.12. The summed E-state index contributed by atoms with van der Waals surface area (Å²) in [6.45, 7) is 2.21. The molecule has 0 aliphatic heterocycles. The van der Waals surface area contributed by atoms with Gasteiger partial charge in [-0.1, -0.05) is 57.0 Å². The number of carbonyl (C=O) groups is 1. The zero-order valence-electron chi connectivity index (χ0n) is 12.3. The number of carbonyl (C=O) groups excluding carboxylic acids is 1. The third kappa shape index (κ3) is 6.80. The number of halogens is 1. The SMILES string of the molecule is CCCCCCCCCC(=O)Nc1ccc(N)cc1Cl. The molecule has 1 aromatic carbocycles. The highest BCUT2D eigenvalue weighted by Gasteiger charge is 2.05. The van der Waals surface area contributed by atoms with Crippen molar-refractivity contribution >= 4 is 28.9 Å². The molecule has 4 heteroatoms. The molecule has 0 unspecified atom stereocenters. The van der Waals surface area contributed by atoms with Crippen LogP contribution < -0.4 is 11.1 Å². The summed E-state index contributed by atoms with van der Waals surface area (Å²) in [5.41, 5.74) is 6.84. The van der Waals surface area contributed by atoms with Crippen LogP contribution in [0.1, 0.15) is 58.3 Å². The maximum absolute atomic E-state index is 11.8. The topological polar surface area (TPSA) is 55.1 Å². The van der Waals surface area contributed by atoms with Crippen LogP contribution >= 0.6 is 11.6 Å². The lowest BCUT2D eigenvalue weighted by Crippen LogP contribution is -2.11. The van der Waals surface area contributed by atoms with E-state index in [4.69, 9.17) is 17.3 Å². The fraction of sp³-hybridized carbons (Fsp3) is 0.562. The molecule has 1 amide bonds. The molecule has 0 saturated carbocycles. The monoisotopic (exact) mass is 296 g/mol. The lowest BCUT2D eigenvalue weighted by molar-refractivity contribution is -0.116. The molecule has 1 rings (SSSR count). The van der Waals surface area contributed by atoms with Gasteiger partial charge in [-0.3, -0.25) is 4.79 Å². The van der Waals surface area contributed by atoms with E-state index >= 15 is 0 Å². The van der Waals surface area contributed by atoms with Crippen molar-refractivity contribution in [3.63, 3.8) is 0 Å². The molecule has 0 radical (unpaired) electrons. The van der Waals surface area contributed by atoms with Crippen molar-refractivity contribution < 1.29 is 4.79 Å². The minimum Gasteiger partial charge on any atom is -0.399 e. The van der Waals surface area contributed by atoms with Gasteiger partial charge in [0, 0.05) is 12.1 Å². The van der Waals surface area contributed by atoms with Crippen LogP contribution in [0.15, 0.2) is 18.2 Å². The molecule has 0 atom stereocenters. The Morgan fingerprint density at radius 2 is 1.80 bits per heavy atom. The molecular formula is C16H25ClN2O. The molecule has 0 aliphatic carbocycles. The number of amides is 1. The number of rotatable bonds is 9. The third-order valence-electron chi connectivity index (χ3n) is 3.27. The molecule has 0 fully saturated rings. The number of hydrogen-bond donors (Lipinski definition) is 2. The quantitative estimate of drug-likeness (QED) is 0.497. The van der Waals surface area contributed by atoms with Gasteiger partial charge < -0.3 is 11.1 Å². The number of nitrogens with two attached hydrogens (primary N) is 1. The molecule has 0 heterocycles. The van der Waals surface area contributed by atoms with E-state index in [9.17, 15) is 4.79 Å². The molecule has 0 spiro atoms. The van der Waals surface area contributed by atoms with E-state index in [0.29, 0.717) is 22.8 Å². The van der Waals surface area contributed by atoms with Gasteiger partial charge in [0.1, 0.15) is 0 Å². The summed E-state index contributed by atoms with van der Waals surface area (Å²) < 4.78 is 0. The minimum atomic E-state index is 0.0187. The summed E-state index contributed by atoms with van der Waals surface area (Å²) in [7, 11) is 0. The number of anilines is 2. The van der Waals surface area contributed by atoms with E-state index in [0.717, 1.165) is 12.8 Å². The van der Waals surface area contributed by atoms with Crippen molar-refractivity contribution in [1.29, 1.82) is 0 Å². The minimum absolute atomic E-state index is 0.0187. The van der Waals surface area contributed by atoms with E-state index < -0.39 is 0 Å². The fourth-order valence-electron chi connectivity index (χ4n) is 2.09. The molecule has 112 valence electrons. The molecular weight excluding hydrogens is 272 g/mol. The first-order chi connectivity index (χ1) is 9.63. The second-order valence-corrected chi connectivity index (χ2v) is 5.57. The number of hydrogen-bond acceptors (Lipinski definition) is 2. The van der Waals surface area contributed by atoms with Crippen LogP contribution in [-0.4, -0.2) is 5.91 Å². The Bertz CT molecular complexity index is 421. The first-order valence-corrected chi connectivity index (χ1v) is 7.86. The zero-order valence-corrected chi connectivity index (χ0v) is 13.0. The number of nitrogens with one attached hydrogen (secondary N) is 1. The molecule has 0 aliphatic rings. The highest BCUT2D eigenvalue weighted by molar-refractivity contribution is 6.34. The second kappa shape index (κ2) is 9.65. The molecule has 1 aromatic rings. The number of nitrogen functional groups attached to an aromatic ring is 1. The standard InChI is InChI=1S/C16H25ClN2O/c1-2-3-4-5-6-7-8-9-16(20)19-15-11-10-13(18)12-14(15)17/h10-12H,2-9,18H2,1H3,(H,19,20). The molecule has 0 aromatic heterocycles. The molecule has 0 bridgehead atoms. The molecule has 3 nitrogen and oxygen atoms in total. The van der Waals surface area contributed by atoms with Gasteiger partial charge in [-0.25, -0.2) is 0 Å².